The van der Waals surface area contributed by atoms with Crippen LogP contribution in [0.2, 0.25) is 0 Å². The molecule has 0 saturated carbocycles. The molecule has 0 spiro atoms. The normalized spacial score (nSPS) is 18.0. The van der Waals surface area contributed by atoms with Gasteiger partial charge in [-0.2, -0.15) is 5.10 Å². The van der Waals surface area contributed by atoms with Gasteiger partial charge in [-0.3, -0.25) is 9.48 Å². The molecule has 1 aliphatic rings. The number of carbonyl (C=O) groups is 1. The summed E-state index contributed by atoms with van der Waals surface area (Å²) in [5.74, 6) is 0.459. The number of hydrogen-bond acceptors (Lipinski definition) is 4. The number of nitrogens with zero attached hydrogens (tertiary/aromatic N) is 4. The Morgan fingerprint density at radius 2 is 2.33 bits per heavy atom. The van der Waals surface area contributed by atoms with Crippen LogP contribution in [0.1, 0.15) is 19.4 Å². The molecule has 1 amide bonds. The van der Waals surface area contributed by atoms with Crippen molar-refractivity contribution in [3.05, 3.63) is 36.4 Å². The maximum Gasteiger partial charge on any atom is 0.222 e. The van der Waals surface area contributed by atoms with Gasteiger partial charge >= 0.3 is 0 Å². The van der Waals surface area contributed by atoms with Crippen LogP contribution in [-0.2, 0) is 4.79 Å². The Labute approximate surface area is 121 Å². The van der Waals surface area contributed by atoms with Crippen molar-refractivity contribution >= 4 is 17.5 Å². The predicted octanol–water partition coefficient (Wildman–Crippen LogP) is 1.83. The molecule has 3 heterocycles. The van der Waals surface area contributed by atoms with E-state index in [1.165, 1.54) is 13.0 Å². The van der Waals surface area contributed by atoms with Crippen molar-refractivity contribution in [3.8, 4) is 0 Å². The van der Waals surface area contributed by atoms with Gasteiger partial charge in [0, 0.05) is 38.5 Å². The van der Waals surface area contributed by atoms with E-state index in [0.717, 1.165) is 13.0 Å². The first-order chi connectivity index (χ1) is 10.1. The van der Waals surface area contributed by atoms with E-state index in [-0.39, 0.29) is 17.8 Å². The lowest BCUT2D eigenvalue weighted by atomic mass is 10.3. The molecular weight excluding hydrogens is 273 g/mol. The number of hydrogen-bond donors (Lipinski definition) is 1. The van der Waals surface area contributed by atoms with Gasteiger partial charge in [0.1, 0.15) is 0 Å². The summed E-state index contributed by atoms with van der Waals surface area (Å²) in [6.07, 6.45) is 4.28. The smallest absolute Gasteiger partial charge is 0.222 e. The summed E-state index contributed by atoms with van der Waals surface area (Å²) in [5.41, 5.74) is 0. The minimum absolute atomic E-state index is 0.147. The van der Waals surface area contributed by atoms with E-state index in [0.29, 0.717) is 18.2 Å². The Balaban J connectivity index is 1.71. The van der Waals surface area contributed by atoms with Crippen LogP contribution in [0.3, 0.4) is 0 Å². The first kappa shape index (κ1) is 13.5. The van der Waals surface area contributed by atoms with E-state index in [1.54, 1.807) is 18.3 Å². The average Bonchev–Trinajstić information content (AvgIpc) is 3.07. The first-order valence-electron chi connectivity index (χ1n) is 6.81. The molecule has 110 valence electrons. The molecule has 7 heteroatoms. The van der Waals surface area contributed by atoms with E-state index >= 15 is 0 Å². The van der Waals surface area contributed by atoms with Gasteiger partial charge in [0.2, 0.25) is 5.91 Å². The highest BCUT2D eigenvalue weighted by Gasteiger charge is 2.27. The molecule has 0 aromatic carbocycles. The zero-order chi connectivity index (χ0) is 14.8. The summed E-state index contributed by atoms with van der Waals surface area (Å²) < 4.78 is 15.6. The zero-order valence-electron chi connectivity index (χ0n) is 11.7. The molecule has 21 heavy (non-hydrogen) atoms. The summed E-state index contributed by atoms with van der Waals surface area (Å²) in [5, 5.41) is 6.97. The monoisotopic (exact) mass is 289 g/mol. The third-order valence-electron chi connectivity index (χ3n) is 3.49. The Kier molecular flexibility index (Phi) is 3.55. The van der Waals surface area contributed by atoms with Crippen LogP contribution < -0.4 is 10.2 Å². The van der Waals surface area contributed by atoms with Crippen LogP contribution in [-0.4, -0.2) is 33.8 Å². The van der Waals surface area contributed by atoms with Crippen molar-refractivity contribution < 1.29 is 9.18 Å². The molecule has 1 aliphatic heterocycles. The molecule has 0 radical (unpaired) electrons. The summed E-state index contributed by atoms with van der Waals surface area (Å²) in [7, 11) is 0. The molecule has 0 bridgehead atoms. The number of rotatable bonds is 3. The Morgan fingerprint density at radius 3 is 3.10 bits per heavy atom. The second-order valence-electron chi connectivity index (χ2n) is 5.06. The molecule has 1 N–H and O–H groups in total. The number of nitrogens with one attached hydrogen (secondary N) is 1. The summed E-state index contributed by atoms with van der Waals surface area (Å²) in [6, 6.07) is 4.90. The quantitative estimate of drug-likeness (QED) is 0.936. The SMILES string of the molecule is CC(=O)Nc1ccn([C@@H]2CCN(c3ncccc3F)C2)n1. The molecule has 3 rings (SSSR count). The predicted molar refractivity (Wildman–Crippen MR) is 76.6 cm³/mol. The molecular formula is C14H16FN5O. The van der Waals surface area contributed by atoms with Crippen LogP contribution in [0, 0.1) is 5.82 Å². The lowest BCUT2D eigenvalue weighted by Crippen LogP contribution is -2.23. The zero-order valence-corrected chi connectivity index (χ0v) is 11.7. The Morgan fingerprint density at radius 1 is 1.48 bits per heavy atom. The average molecular weight is 289 g/mol. The Hall–Kier alpha value is -2.44. The van der Waals surface area contributed by atoms with E-state index in [2.05, 4.69) is 15.4 Å². The second-order valence-corrected chi connectivity index (χ2v) is 5.06. The van der Waals surface area contributed by atoms with Crippen LogP contribution >= 0.6 is 0 Å². The van der Waals surface area contributed by atoms with Crippen LogP contribution in [0.15, 0.2) is 30.6 Å². The lowest BCUT2D eigenvalue weighted by molar-refractivity contribution is -0.114. The number of aromatic nitrogens is 3. The van der Waals surface area contributed by atoms with E-state index in [1.807, 2.05) is 15.8 Å². The van der Waals surface area contributed by atoms with Gasteiger partial charge in [0.15, 0.2) is 17.5 Å². The van der Waals surface area contributed by atoms with Gasteiger partial charge in [0.05, 0.1) is 6.04 Å². The van der Waals surface area contributed by atoms with Crippen molar-refractivity contribution in [2.24, 2.45) is 0 Å². The number of halogens is 1. The molecule has 1 atom stereocenters. The molecule has 1 fully saturated rings. The van der Waals surface area contributed by atoms with E-state index in [9.17, 15) is 9.18 Å². The van der Waals surface area contributed by atoms with Crippen LogP contribution in [0.4, 0.5) is 16.0 Å². The molecule has 0 unspecified atom stereocenters. The summed E-state index contributed by atoms with van der Waals surface area (Å²) >= 11 is 0. The number of carbonyl (C=O) groups excluding carboxylic acids is 1. The van der Waals surface area contributed by atoms with Crippen molar-refractivity contribution in [1.29, 1.82) is 0 Å². The Bertz CT molecular complexity index is 656. The van der Waals surface area contributed by atoms with E-state index in [4.69, 9.17) is 0 Å². The van der Waals surface area contributed by atoms with Crippen molar-refractivity contribution in [3.63, 3.8) is 0 Å². The van der Waals surface area contributed by atoms with Crippen molar-refractivity contribution in [2.75, 3.05) is 23.3 Å². The third kappa shape index (κ3) is 2.86. The van der Waals surface area contributed by atoms with Gasteiger partial charge < -0.3 is 10.2 Å². The standard InChI is InChI=1S/C14H16FN5O/c1-10(21)17-13-5-8-20(18-13)11-4-7-19(9-11)14-12(15)3-2-6-16-14/h2-3,5-6,8,11H,4,7,9H2,1H3,(H,17,18,21)/t11-/m1/s1. The van der Waals surface area contributed by atoms with Gasteiger partial charge in [-0.1, -0.05) is 0 Å². The highest BCUT2D eigenvalue weighted by Crippen LogP contribution is 2.27. The van der Waals surface area contributed by atoms with Crippen LogP contribution in [0.25, 0.3) is 0 Å². The maximum atomic E-state index is 13.7. The fraction of sp³-hybridized carbons (Fsp3) is 0.357. The fourth-order valence-corrected chi connectivity index (χ4v) is 2.55. The minimum Gasteiger partial charge on any atom is -0.352 e. The first-order valence-corrected chi connectivity index (χ1v) is 6.81. The number of anilines is 2. The third-order valence-corrected chi connectivity index (χ3v) is 3.49. The summed E-state index contributed by atoms with van der Waals surface area (Å²) in [4.78, 5) is 17.0. The fourth-order valence-electron chi connectivity index (χ4n) is 2.55. The maximum absolute atomic E-state index is 13.7. The molecule has 2 aromatic rings. The van der Waals surface area contributed by atoms with Crippen molar-refractivity contribution in [2.45, 2.75) is 19.4 Å². The second kappa shape index (κ2) is 5.51. The molecule has 2 aromatic heterocycles. The van der Waals surface area contributed by atoms with Gasteiger partial charge in [0.25, 0.3) is 0 Å². The highest BCUT2D eigenvalue weighted by molar-refractivity contribution is 5.87. The number of pyridine rings is 1. The molecule has 6 nitrogen and oxygen atoms in total. The van der Waals surface area contributed by atoms with Crippen LogP contribution in [0.5, 0.6) is 0 Å². The topological polar surface area (TPSA) is 63.1 Å². The minimum atomic E-state index is -0.308. The highest BCUT2D eigenvalue weighted by atomic mass is 19.1. The van der Waals surface area contributed by atoms with Gasteiger partial charge in [-0.15, -0.1) is 0 Å². The number of amides is 1. The lowest BCUT2D eigenvalue weighted by Gasteiger charge is -2.17. The van der Waals surface area contributed by atoms with Crippen molar-refractivity contribution in [1.82, 2.24) is 14.8 Å². The van der Waals surface area contributed by atoms with E-state index < -0.39 is 0 Å². The molecule has 0 aliphatic carbocycles. The van der Waals surface area contributed by atoms with Gasteiger partial charge in [-0.05, 0) is 18.6 Å². The summed E-state index contributed by atoms with van der Waals surface area (Å²) in [6.45, 7) is 2.82. The van der Waals surface area contributed by atoms with Gasteiger partial charge in [-0.25, -0.2) is 9.37 Å². The largest absolute Gasteiger partial charge is 0.352 e. The molecule has 1 saturated heterocycles.